The molecule has 0 spiro atoms. The van der Waals surface area contributed by atoms with Crippen LogP contribution in [0.3, 0.4) is 0 Å². The first-order valence-electron chi connectivity index (χ1n) is 6.41. The Bertz CT molecular complexity index is 598. The molecule has 0 amide bonds. The van der Waals surface area contributed by atoms with Crippen LogP contribution in [0.2, 0.25) is 0 Å². The minimum Gasteiger partial charge on any atom is -0.472 e. The molecule has 1 fully saturated rings. The second kappa shape index (κ2) is 5.80. The molecule has 2 heterocycles. The first-order chi connectivity index (χ1) is 9.72. The molecule has 0 N–H and O–H groups in total. The maximum atomic E-state index is 12.5. The highest BCUT2D eigenvalue weighted by Gasteiger charge is 2.37. The second-order valence-corrected chi connectivity index (χ2v) is 6.82. The van der Waals surface area contributed by atoms with Crippen molar-refractivity contribution in [3.63, 3.8) is 0 Å². The fourth-order valence-corrected chi connectivity index (χ4v) is 3.46. The van der Waals surface area contributed by atoms with Crippen molar-refractivity contribution in [1.82, 2.24) is 9.29 Å². The third-order valence-electron chi connectivity index (χ3n) is 2.97. The Hall–Kier alpha value is -1.35. The average Bonchev–Trinajstić information content (AvgIpc) is 2.32. The van der Waals surface area contributed by atoms with Crippen molar-refractivity contribution in [3.05, 3.63) is 23.9 Å². The Morgan fingerprint density at radius 3 is 2.62 bits per heavy atom. The van der Waals surface area contributed by atoms with Gasteiger partial charge >= 0.3 is 6.18 Å². The molecule has 0 atom stereocenters. The summed E-state index contributed by atoms with van der Waals surface area (Å²) in [7, 11) is -3.28. The van der Waals surface area contributed by atoms with Gasteiger partial charge in [-0.25, -0.2) is 13.4 Å². The van der Waals surface area contributed by atoms with Crippen LogP contribution in [0.5, 0.6) is 5.88 Å². The molecule has 0 saturated carbocycles. The van der Waals surface area contributed by atoms with Gasteiger partial charge < -0.3 is 4.74 Å². The number of pyridine rings is 1. The minimum atomic E-state index is -4.53. The molecule has 1 aliphatic rings. The Kier molecular flexibility index (Phi) is 4.43. The van der Waals surface area contributed by atoms with Gasteiger partial charge in [0.2, 0.25) is 15.9 Å². The number of halogens is 3. The summed E-state index contributed by atoms with van der Waals surface area (Å²) < 4.78 is 67.4. The SMILES string of the molecule is CCCS(=O)(=O)N1CC(Oc2cccc(C(F)(F)F)n2)C1. The monoisotopic (exact) mass is 324 g/mol. The van der Waals surface area contributed by atoms with E-state index >= 15 is 0 Å². The first kappa shape index (κ1) is 16.0. The molecule has 21 heavy (non-hydrogen) atoms. The quantitative estimate of drug-likeness (QED) is 0.830. The van der Waals surface area contributed by atoms with Gasteiger partial charge in [0.05, 0.1) is 18.8 Å². The van der Waals surface area contributed by atoms with Crippen LogP contribution in [0, 0.1) is 0 Å². The predicted molar refractivity (Wildman–Crippen MR) is 69.3 cm³/mol. The molecule has 0 aromatic carbocycles. The third kappa shape index (κ3) is 3.85. The molecule has 1 aromatic rings. The minimum absolute atomic E-state index is 0.0571. The number of rotatable bonds is 5. The standard InChI is InChI=1S/C12H15F3N2O3S/c1-2-6-21(18,19)17-7-9(8-17)20-11-5-3-4-10(16-11)12(13,14)15/h3-5,9H,2,6-8H2,1H3. The predicted octanol–water partition coefficient (Wildman–Crippen LogP) is 1.90. The zero-order chi connectivity index (χ0) is 15.7. The number of hydrogen-bond acceptors (Lipinski definition) is 4. The van der Waals surface area contributed by atoms with E-state index in [9.17, 15) is 21.6 Å². The van der Waals surface area contributed by atoms with Gasteiger partial charge in [-0.1, -0.05) is 13.0 Å². The summed E-state index contributed by atoms with van der Waals surface area (Å²) in [5.74, 6) is -0.0935. The molecule has 1 aliphatic heterocycles. The summed E-state index contributed by atoms with van der Waals surface area (Å²) in [6.45, 7) is 2.04. The van der Waals surface area contributed by atoms with Gasteiger partial charge in [-0.2, -0.15) is 17.5 Å². The number of aromatic nitrogens is 1. The number of ether oxygens (including phenoxy) is 1. The van der Waals surface area contributed by atoms with Crippen molar-refractivity contribution in [2.45, 2.75) is 25.6 Å². The lowest BCUT2D eigenvalue weighted by Crippen LogP contribution is -2.56. The fourth-order valence-electron chi connectivity index (χ4n) is 1.90. The highest BCUT2D eigenvalue weighted by Crippen LogP contribution is 2.29. The highest BCUT2D eigenvalue weighted by molar-refractivity contribution is 7.89. The molecule has 2 rings (SSSR count). The fraction of sp³-hybridized carbons (Fsp3) is 0.583. The van der Waals surface area contributed by atoms with Crippen LogP contribution < -0.4 is 4.74 Å². The van der Waals surface area contributed by atoms with Gasteiger partial charge in [0.25, 0.3) is 0 Å². The Morgan fingerprint density at radius 1 is 1.38 bits per heavy atom. The van der Waals surface area contributed by atoms with Crippen LogP contribution in [-0.2, 0) is 16.2 Å². The van der Waals surface area contributed by atoms with Crippen LogP contribution >= 0.6 is 0 Å². The van der Waals surface area contributed by atoms with Gasteiger partial charge in [-0.05, 0) is 12.5 Å². The first-order valence-corrected chi connectivity index (χ1v) is 8.02. The van der Waals surface area contributed by atoms with Crippen molar-refractivity contribution >= 4 is 10.0 Å². The maximum Gasteiger partial charge on any atom is 0.433 e. The molecule has 0 bridgehead atoms. The zero-order valence-electron chi connectivity index (χ0n) is 11.3. The molecular weight excluding hydrogens is 309 g/mol. The topological polar surface area (TPSA) is 59.5 Å². The third-order valence-corrected chi connectivity index (χ3v) is 4.98. The summed E-state index contributed by atoms with van der Waals surface area (Å²) in [6, 6.07) is 3.37. The highest BCUT2D eigenvalue weighted by atomic mass is 32.2. The van der Waals surface area contributed by atoms with Crippen LogP contribution in [0.15, 0.2) is 18.2 Å². The number of sulfonamides is 1. The van der Waals surface area contributed by atoms with Gasteiger partial charge in [-0.15, -0.1) is 0 Å². The van der Waals surface area contributed by atoms with Crippen molar-refractivity contribution < 1.29 is 26.3 Å². The maximum absolute atomic E-state index is 12.5. The smallest absolute Gasteiger partial charge is 0.433 e. The lowest BCUT2D eigenvalue weighted by atomic mass is 10.2. The average molecular weight is 324 g/mol. The second-order valence-electron chi connectivity index (χ2n) is 4.73. The molecule has 0 unspecified atom stereocenters. The summed E-state index contributed by atoms with van der Waals surface area (Å²) in [5, 5.41) is 0. The summed E-state index contributed by atoms with van der Waals surface area (Å²) in [4.78, 5) is 3.37. The van der Waals surface area contributed by atoms with Crippen molar-refractivity contribution in [3.8, 4) is 5.88 Å². The van der Waals surface area contributed by atoms with Crippen molar-refractivity contribution in [2.75, 3.05) is 18.8 Å². The van der Waals surface area contributed by atoms with E-state index in [1.807, 2.05) is 0 Å². The van der Waals surface area contributed by atoms with Crippen molar-refractivity contribution in [1.29, 1.82) is 0 Å². The van der Waals surface area contributed by atoms with Crippen LogP contribution in [0.25, 0.3) is 0 Å². The van der Waals surface area contributed by atoms with Gasteiger partial charge in [0.15, 0.2) is 0 Å². The molecule has 0 radical (unpaired) electrons. The largest absolute Gasteiger partial charge is 0.472 e. The molecule has 9 heteroatoms. The lowest BCUT2D eigenvalue weighted by molar-refractivity contribution is -0.141. The summed E-state index contributed by atoms with van der Waals surface area (Å²) in [6.07, 6.45) is -4.48. The number of nitrogens with zero attached hydrogens (tertiary/aromatic N) is 2. The normalized spacial score (nSPS) is 17.5. The lowest BCUT2D eigenvalue weighted by Gasteiger charge is -2.37. The number of hydrogen-bond donors (Lipinski definition) is 0. The molecule has 1 saturated heterocycles. The van der Waals surface area contributed by atoms with E-state index in [-0.39, 0.29) is 24.7 Å². The van der Waals surface area contributed by atoms with E-state index < -0.39 is 28.0 Å². The summed E-state index contributed by atoms with van der Waals surface area (Å²) in [5.41, 5.74) is -1.03. The van der Waals surface area contributed by atoms with E-state index in [4.69, 9.17) is 4.74 Å². The zero-order valence-corrected chi connectivity index (χ0v) is 12.1. The number of alkyl halides is 3. The molecule has 1 aromatic heterocycles. The van der Waals surface area contributed by atoms with E-state index in [0.29, 0.717) is 6.42 Å². The van der Waals surface area contributed by atoms with E-state index in [0.717, 1.165) is 6.07 Å². The van der Waals surface area contributed by atoms with Crippen LogP contribution in [0.1, 0.15) is 19.0 Å². The molecule has 118 valence electrons. The van der Waals surface area contributed by atoms with Crippen LogP contribution in [0.4, 0.5) is 13.2 Å². The molecular formula is C12H15F3N2O3S. The van der Waals surface area contributed by atoms with Crippen LogP contribution in [-0.4, -0.2) is 42.7 Å². The van der Waals surface area contributed by atoms with Gasteiger partial charge in [0, 0.05) is 6.07 Å². The summed E-state index contributed by atoms with van der Waals surface area (Å²) >= 11 is 0. The van der Waals surface area contributed by atoms with E-state index in [1.165, 1.54) is 16.4 Å². The van der Waals surface area contributed by atoms with Gasteiger partial charge in [-0.3, -0.25) is 0 Å². The molecule has 5 nitrogen and oxygen atoms in total. The Morgan fingerprint density at radius 2 is 2.05 bits per heavy atom. The molecule has 0 aliphatic carbocycles. The van der Waals surface area contributed by atoms with E-state index in [2.05, 4.69) is 4.98 Å². The van der Waals surface area contributed by atoms with Gasteiger partial charge in [0.1, 0.15) is 11.8 Å². The van der Waals surface area contributed by atoms with Crippen molar-refractivity contribution in [2.24, 2.45) is 0 Å². The Labute approximate surface area is 120 Å². The van der Waals surface area contributed by atoms with E-state index in [1.54, 1.807) is 6.92 Å². The Balaban J connectivity index is 1.94.